The number of anilines is 1. The zero-order valence-electron chi connectivity index (χ0n) is 7.67. The summed E-state index contributed by atoms with van der Waals surface area (Å²) in [4.78, 5) is 3.80. The van der Waals surface area contributed by atoms with Gasteiger partial charge in [0, 0.05) is 10.9 Å². The summed E-state index contributed by atoms with van der Waals surface area (Å²) >= 11 is 3.06. The molecular formula is C9H8BrF2N3. The fourth-order valence-electron chi connectivity index (χ4n) is 1.29. The van der Waals surface area contributed by atoms with Crippen molar-refractivity contribution in [2.45, 2.75) is 18.2 Å². The molecule has 0 aliphatic rings. The van der Waals surface area contributed by atoms with Crippen LogP contribution in [0.25, 0.3) is 0 Å². The van der Waals surface area contributed by atoms with Gasteiger partial charge in [-0.25, -0.2) is 13.8 Å². The topological polar surface area (TPSA) is 62.7 Å². The lowest BCUT2D eigenvalue weighted by molar-refractivity contribution is 0.149. The molecule has 15 heavy (non-hydrogen) atoms. The second-order valence-electron chi connectivity index (χ2n) is 2.84. The summed E-state index contributed by atoms with van der Waals surface area (Å²) in [5.41, 5.74) is 5.69. The van der Waals surface area contributed by atoms with Crippen molar-refractivity contribution in [2.75, 3.05) is 5.73 Å². The van der Waals surface area contributed by atoms with Crippen LogP contribution < -0.4 is 5.73 Å². The summed E-state index contributed by atoms with van der Waals surface area (Å²) in [5, 5.41) is 8.70. The van der Waals surface area contributed by atoms with Crippen molar-refractivity contribution in [3.8, 4) is 6.07 Å². The molecule has 0 radical (unpaired) electrons. The summed E-state index contributed by atoms with van der Waals surface area (Å²) in [7, 11) is 0. The van der Waals surface area contributed by atoms with E-state index in [0.717, 1.165) is 0 Å². The highest BCUT2D eigenvalue weighted by atomic mass is 79.9. The molecule has 1 heterocycles. The standard InChI is InChI=1S/C9H8BrF2N3/c10-4-6-8(9(11)12)5(1-2-13)3-7(14)15-6/h3,9H,1,4H2,(H2,14,15). The van der Waals surface area contributed by atoms with Gasteiger partial charge in [0.25, 0.3) is 6.43 Å². The normalized spacial score (nSPS) is 10.3. The number of aromatic nitrogens is 1. The first-order valence-corrected chi connectivity index (χ1v) is 5.21. The number of rotatable bonds is 3. The van der Waals surface area contributed by atoms with E-state index in [2.05, 4.69) is 20.9 Å². The number of alkyl halides is 3. The van der Waals surface area contributed by atoms with Crippen molar-refractivity contribution in [3.63, 3.8) is 0 Å². The summed E-state index contributed by atoms with van der Waals surface area (Å²) < 4.78 is 25.4. The van der Waals surface area contributed by atoms with Crippen LogP contribution in [0.3, 0.4) is 0 Å². The lowest BCUT2D eigenvalue weighted by Gasteiger charge is -2.11. The summed E-state index contributed by atoms with van der Waals surface area (Å²) in [6.07, 6.45) is -2.74. The van der Waals surface area contributed by atoms with Gasteiger partial charge in [-0.05, 0) is 11.6 Å². The van der Waals surface area contributed by atoms with Crippen LogP contribution in [-0.2, 0) is 11.8 Å². The predicted molar refractivity (Wildman–Crippen MR) is 55.6 cm³/mol. The first-order valence-electron chi connectivity index (χ1n) is 4.09. The predicted octanol–water partition coefficient (Wildman–Crippen LogP) is 2.56. The Kier molecular flexibility index (Phi) is 3.97. The van der Waals surface area contributed by atoms with Crippen LogP contribution in [0.15, 0.2) is 6.07 Å². The fraction of sp³-hybridized carbons (Fsp3) is 0.333. The van der Waals surface area contributed by atoms with E-state index in [1.54, 1.807) is 0 Å². The molecule has 1 aromatic rings. The maximum atomic E-state index is 12.7. The van der Waals surface area contributed by atoms with Gasteiger partial charge in [-0.1, -0.05) is 15.9 Å². The number of hydrogen-bond donors (Lipinski definition) is 1. The molecule has 0 unspecified atom stereocenters. The van der Waals surface area contributed by atoms with Gasteiger partial charge in [-0.2, -0.15) is 5.26 Å². The summed E-state index contributed by atoms with van der Waals surface area (Å²) in [6, 6.07) is 3.14. The van der Waals surface area contributed by atoms with Gasteiger partial charge in [0.1, 0.15) is 5.82 Å². The third-order valence-corrected chi connectivity index (χ3v) is 2.39. The minimum Gasteiger partial charge on any atom is -0.384 e. The van der Waals surface area contributed by atoms with Crippen LogP contribution in [0.1, 0.15) is 23.2 Å². The van der Waals surface area contributed by atoms with E-state index in [0.29, 0.717) is 0 Å². The van der Waals surface area contributed by atoms with Gasteiger partial charge in [0.05, 0.1) is 18.2 Å². The molecule has 0 saturated heterocycles. The maximum Gasteiger partial charge on any atom is 0.265 e. The molecule has 0 spiro atoms. The lowest BCUT2D eigenvalue weighted by Crippen LogP contribution is -2.05. The quantitative estimate of drug-likeness (QED) is 0.863. The molecule has 0 atom stereocenters. The van der Waals surface area contributed by atoms with Crippen LogP contribution >= 0.6 is 15.9 Å². The van der Waals surface area contributed by atoms with Crippen molar-refractivity contribution in [3.05, 3.63) is 22.9 Å². The van der Waals surface area contributed by atoms with Crippen LogP contribution in [0.4, 0.5) is 14.6 Å². The number of nitrogens with zero attached hydrogens (tertiary/aromatic N) is 2. The molecular weight excluding hydrogens is 268 g/mol. The second kappa shape index (κ2) is 5.03. The molecule has 0 aliphatic heterocycles. The number of nitriles is 1. The van der Waals surface area contributed by atoms with E-state index in [1.807, 2.05) is 6.07 Å². The van der Waals surface area contributed by atoms with Gasteiger partial charge in [0.15, 0.2) is 0 Å². The highest BCUT2D eigenvalue weighted by Gasteiger charge is 2.19. The van der Waals surface area contributed by atoms with Gasteiger partial charge in [-0.15, -0.1) is 0 Å². The van der Waals surface area contributed by atoms with Crippen molar-refractivity contribution in [1.82, 2.24) is 4.98 Å². The molecule has 0 amide bonds. The first kappa shape index (κ1) is 11.9. The van der Waals surface area contributed by atoms with Crippen molar-refractivity contribution >= 4 is 21.7 Å². The Morgan fingerprint density at radius 1 is 1.60 bits per heavy atom. The highest BCUT2D eigenvalue weighted by Crippen LogP contribution is 2.28. The Morgan fingerprint density at radius 3 is 2.73 bits per heavy atom. The molecule has 0 aliphatic carbocycles. The average Bonchev–Trinajstić information content (AvgIpc) is 2.16. The summed E-state index contributed by atoms with van der Waals surface area (Å²) in [6.45, 7) is 0. The zero-order chi connectivity index (χ0) is 11.4. The minimum absolute atomic E-state index is 0.0909. The van der Waals surface area contributed by atoms with E-state index in [4.69, 9.17) is 11.0 Å². The third kappa shape index (κ3) is 2.63. The van der Waals surface area contributed by atoms with Crippen LogP contribution in [-0.4, -0.2) is 4.98 Å². The average molecular weight is 276 g/mol. The molecule has 6 heteroatoms. The number of pyridine rings is 1. The molecule has 3 nitrogen and oxygen atoms in total. The maximum absolute atomic E-state index is 12.7. The molecule has 1 rings (SSSR count). The van der Waals surface area contributed by atoms with Crippen LogP contribution in [0, 0.1) is 11.3 Å². The molecule has 80 valence electrons. The van der Waals surface area contributed by atoms with Crippen LogP contribution in [0.2, 0.25) is 0 Å². The fourth-order valence-corrected chi connectivity index (χ4v) is 1.72. The Bertz CT molecular complexity index is 401. The molecule has 0 fully saturated rings. The van der Waals surface area contributed by atoms with E-state index in [-0.39, 0.29) is 34.4 Å². The molecule has 1 aromatic heterocycles. The minimum atomic E-state index is -2.64. The first-order chi connectivity index (χ1) is 7.10. The largest absolute Gasteiger partial charge is 0.384 e. The Labute approximate surface area is 94.0 Å². The monoisotopic (exact) mass is 275 g/mol. The zero-order valence-corrected chi connectivity index (χ0v) is 9.26. The van der Waals surface area contributed by atoms with Gasteiger partial charge in [-0.3, -0.25) is 0 Å². The SMILES string of the molecule is N#CCc1cc(N)nc(CBr)c1C(F)F. The van der Waals surface area contributed by atoms with Crippen molar-refractivity contribution in [1.29, 1.82) is 5.26 Å². The Hall–Kier alpha value is -1.22. The molecule has 0 saturated carbocycles. The van der Waals surface area contributed by atoms with E-state index >= 15 is 0 Å². The number of nitrogen functional groups attached to an aromatic ring is 1. The Balaban J connectivity index is 3.34. The number of nitrogens with two attached hydrogens (primary N) is 1. The van der Waals surface area contributed by atoms with Crippen LogP contribution in [0.5, 0.6) is 0 Å². The van der Waals surface area contributed by atoms with Gasteiger partial charge in [0.2, 0.25) is 0 Å². The number of hydrogen-bond acceptors (Lipinski definition) is 3. The van der Waals surface area contributed by atoms with Gasteiger partial charge < -0.3 is 5.73 Å². The van der Waals surface area contributed by atoms with Crippen molar-refractivity contribution in [2.24, 2.45) is 0 Å². The van der Waals surface area contributed by atoms with E-state index in [1.165, 1.54) is 6.07 Å². The van der Waals surface area contributed by atoms with Crippen molar-refractivity contribution < 1.29 is 8.78 Å². The Morgan fingerprint density at radius 2 is 2.27 bits per heavy atom. The molecule has 2 N–H and O–H groups in total. The molecule has 0 aromatic carbocycles. The molecule has 0 bridgehead atoms. The van der Waals surface area contributed by atoms with E-state index < -0.39 is 6.43 Å². The third-order valence-electron chi connectivity index (χ3n) is 1.86. The highest BCUT2D eigenvalue weighted by molar-refractivity contribution is 9.08. The second-order valence-corrected chi connectivity index (χ2v) is 3.40. The number of halogens is 3. The lowest BCUT2D eigenvalue weighted by atomic mass is 10.0. The van der Waals surface area contributed by atoms with E-state index in [9.17, 15) is 8.78 Å². The smallest absolute Gasteiger partial charge is 0.265 e. The van der Waals surface area contributed by atoms with Gasteiger partial charge >= 0.3 is 0 Å². The summed E-state index contributed by atoms with van der Waals surface area (Å²) in [5.74, 6) is 0.152.